The lowest BCUT2D eigenvalue weighted by molar-refractivity contribution is -0.121. The van der Waals surface area contributed by atoms with Crippen LogP contribution in [0.4, 0.5) is 13.2 Å². The van der Waals surface area contributed by atoms with Crippen molar-refractivity contribution in [1.82, 2.24) is 25.0 Å². The summed E-state index contributed by atoms with van der Waals surface area (Å²) in [5, 5.41) is 7.25. The highest BCUT2D eigenvalue weighted by Crippen LogP contribution is 2.30. The van der Waals surface area contributed by atoms with E-state index in [4.69, 9.17) is 4.74 Å². The quantitative estimate of drug-likeness (QED) is 0.553. The molecule has 0 atom stereocenters. The third-order valence-corrected chi connectivity index (χ3v) is 7.95. The normalized spacial score (nSPS) is 21.4. The van der Waals surface area contributed by atoms with Gasteiger partial charge < -0.3 is 15.0 Å². The first-order valence-corrected chi connectivity index (χ1v) is 13.1. The molecule has 11 heteroatoms. The van der Waals surface area contributed by atoms with Crippen LogP contribution in [0.3, 0.4) is 0 Å². The van der Waals surface area contributed by atoms with Gasteiger partial charge in [0, 0.05) is 50.0 Å². The minimum Gasteiger partial charge on any atom is -0.464 e. The molecule has 2 aliphatic rings. The van der Waals surface area contributed by atoms with Gasteiger partial charge in [-0.3, -0.25) is 4.79 Å². The summed E-state index contributed by atoms with van der Waals surface area (Å²) in [4.78, 5) is 20.3. The predicted molar refractivity (Wildman–Crippen MR) is 127 cm³/mol. The van der Waals surface area contributed by atoms with Crippen molar-refractivity contribution in [2.45, 2.75) is 70.3 Å². The molecule has 2 aromatic rings. The van der Waals surface area contributed by atoms with Gasteiger partial charge in [0.05, 0.1) is 18.3 Å². The number of aromatic nitrogens is 3. The molecule has 1 N–H and O–H groups in total. The first-order valence-electron chi connectivity index (χ1n) is 12.3. The number of nitrogens with zero attached hydrogens (tertiary/aromatic N) is 4. The maximum atomic E-state index is 13.8. The number of thiazole rings is 1. The number of amides is 1. The van der Waals surface area contributed by atoms with Crippen molar-refractivity contribution < 1.29 is 22.7 Å². The summed E-state index contributed by atoms with van der Waals surface area (Å²) in [6.45, 7) is 3.09. The molecule has 1 amide bonds. The Morgan fingerprint density at radius 3 is 2.69 bits per heavy atom. The lowest BCUT2D eigenvalue weighted by atomic mass is 9.84. The highest BCUT2D eigenvalue weighted by Gasteiger charge is 2.26. The number of hydrogen-bond donors (Lipinski definition) is 1. The molecule has 0 radical (unpaired) electrons. The van der Waals surface area contributed by atoms with Gasteiger partial charge in [0.25, 0.3) is 11.1 Å². The molecule has 7 nitrogen and oxygen atoms in total. The van der Waals surface area contributed by atoms with Crippen molar-refractivity contribution in [1.29, 1.82) is 0 Å². The number of halogens is 3. The third-order valence-electron chi connectivity index (χ3n) is 6.88. The van der Waals surface area contributed by atoms with Crippen LogP contribution in [-0.4, -0.2) is 63.8 Å². The molecule has 2 aromatic heterocycles. The molecule has 0 unspecified atom stereocenters. The van der Waals surface area contributed by atoms with E-state index < -0.39 is 18.5 Å². The van der Waals surface area contributed by atoms with E-state index >= 15 is 0 Å². The molecule has 0 spiro atoms. The second-order valence-corrected chi connectivity index (χ2v) is 10.9. The Hall–Kier alpha value is -2.14. The van der Waals surface area contributed by atoms with Gasteiger partial charge in [-0.2, -0.15) is 9.49 Å². The number of hydrogen-bond acceptors (Lipinski definition) is 6. The summed E-state index contributed by atoms with van der Waals surface area (Å²) in [5.74, 6) is -2.82. The summed E-state index contributed by atoms with van der Waals surface area (Å²) in [6.07, 6.45) is 8.30. The van der Waals surface area contributed by atoms with Gasteiger partial charge in [-0.15, -0.1) is 0 Å². The van der Waals surface area contributed by atoms with Gasteiger partial charge in [-0.25, -0.2) is 18.4 Å². The molecule has 1 aliphatic carbocycles. The molecule has 1 saturated carbocycles. The van der Waals surface area contributed by atoms with E-state index in [9.17, 15) is 18.0 Å². The highest BCUT2D eigenvalue weighted by molar-refractivity contribution is 7.13. The van der Waals surface area contributed by atoms with Crippen LogP contribution in [0.1, 0.15) is 55.2 Å². The van der Waals surface area contributed by atoms with Crippen LogP contribution in [-0.2, 0) is 31.1 Å². The van der Waals surface area contributed by atoms with Crippen LogP contribution in [0.2, 0.25) is 0 Å². The van der Waals surface area contributed by atoms with Crippen LogP contribution in [0.15, 0.2) is 6.20 Å². The summed E-state index contributed by atoms with van der Waals surface area (Å²) in [6, 6.07) is 0.155. The van der Waals surface area contributed by atoms with E-state index in [1.807, 2.05) is 0 Å². The van der Waals surface area contributed by atoms with Crippen molar-refractivity contribution in [2.75, 3.05) is 26.2 Å². The Balaban J connectivity index is 1.14. The molecular weight excluding hydrogens is 479 g/mol. The molecule has 0 saturated heterocycles. The molecule has 0 aromatic carbocycles. The van der Waals surface area contributed by atoms with E-state index in [0.717, 1.165) is 86.8 Å². The Bertz CT molecular complexity index is 972. The first kappa shape index (κ1) is 25.9. The largest absolute Gasteiger partial charge is 0.464 e. The second kappa shape index (κ2) is 11.3. The number of nitrogens with one attached hydrogen (secondary N) is 1. The van der Waals surface area contributed by atoms with E-state index in [-0.39, 0.29) is 18.4 Å². The lowest BCUT2D eigenvalue weighted by Gasteiger charge is -2.30. The van der Waals surface area contributed by atoms with Crippen molar-refractivity contribution >= 4 is 17.2 Å². The number of carbonyl (C=O) groups is 1. The fraction of sp³-hybridized carbons (Fsp3) is 0.708. The fourth-order valence-corrected chi connectivity index (χ4v) is 5.80. The molecule has 194 valence electrons. The molecule has 1 aliphatic heterocycles. The van der Waals surface area contributed by atoms with Crippen molar-refractivity contribution in [2.24, 2.45) is 13.0 Å². The van der Waals surface area contributed by atoms with Crippen molar-refractivity contribution in [3.8, 4) is 5.19 Å². The van der Waals surface area contributed by atoms with Gasteiger partial charge in [-0.1, -0.05) is 11.3 Å². The maximum Gasteiger partial charge on any atom is 0.278 e. The molecule has 0 bridgehead atoms. The smallest absolute Gasteiger partial charge is 0.278 e. The van der Waals surface area contributed by atoms with Crippen molar-refractivity contribution in [3.63, 3.8) is 0 Å². The molecule has 4 rings (SSSR count). The number of carbonyl (C=O) groups excluding carboxylic acids is 1. The summed E-state index contributed by atoms with van der Waals surface area (Å²) >= 11 is 1.39. The van der Waals surface area contributed by atoms with Crippen LogP contribution >= 0.6 is 11.3 Å². The van der Waals surface area contributed by atoms with E-state index in [1.54, 1.807) is 0 Å². The van der Waals surface area contributed by atoms with Gasteiger partial charge in [0.2, 0.25) is 11.9 Å². The number of fused-ring (bicyclic) bond motifs is 1. The molecule has 1 fully saturated rings. The summed E-state index contributed by atoms with van der Waals surface area (Å²) in [5.41, 5.74) is 1.31. The average molecular weight is 514 g/mol. The number of ether oxygens (including phenoxy) is 1. The van der Waals surface area contributed by atoms with E-state index in [0.29, 0.717) is 16.7 Å². The SMILES string of the molecule is Cn1ncc(CC(=O)N[C@H]2CC[C@H](CCN3CCc4nc(OCC(C)(F)F)sc4CC3)CC2)c1F. The van der Waals surface area contributed by atoms with Crippen molar-refractivity contribution in [3.05, 3.63) is 28.3 Å². The zero-order valence-electron chi connectivity index (χ0n) is 20.4. The van der Waals surface area contributed by atoms with Gasteiger partial charge in [-0.05, 0) is 51.0 Å². The zero-order chi connectivity index (χ0) is 25.0. The van der Waals surface area contributed by atoms with Crippen LogP contribution in [0.5, 0.6) is 5.19 Å². The Morgan fingerprint density at radius 2 is 2.00 bits per heavy atom. The lowest BCUT2D eigenvalue weighted by Crippen LogP contribution is -2.39. The average Bonchev–Trinajstić information content (AvgIpc) is 3.28. The molecule has 35 heavy (non-hydrogen) atoms. The van der Waals surface area contributed by atoms with Gasteiger partial charge in [0.1, 0.15) is 0 Å². The Kier molecular flexibility index (Phi) is 8.36. The number of aryl methyl sites for hydroxylation is 1. The van der Waals surface area contributed by atoms with E-state index in [1.165, 1.54) is 24.6 Å². The molecule has 3 heterocycles. The molecular formula is C24H34F3N5O2S. The fourth-order valence-electron chi connectivity index (χ4n) is 4.86. The predicted octanol–water partition coefficient (Wildman–Crippen LogP) is 3.76. The van der Waals surface area contributed by atoms with E-state index in [2.05, 4.69) is 20.3 Å². The highest BCUT2D eigenvalue weighted by atomic mass is 32.1. The third kappa shape index (κ3) is 7.42. The summed E-state index contributed by atoms with van der Waals surface area (Å²) in [7, 11) is 1.52. The second-order valence-electron chi connectivity index (χ2n) is 9.89. The Morgan fingerprint density at radius 1 is 1.26 bits per heavy atom. The van der Waals surface area contributed by atoms with Gasteiger partial charge in [0.15, 0.2) is 6.61 Å². The van der Waals surface area contributed by atoms with Gasteiger partial charge >= 0.3 is 0 Å². The van der Waals surface area contributed by atoms with Crippen LogP contribution in [0.25, 0.3) is 0 Å². The topological polar surface area (TPSA) is 72.3 Å². The number of rotatable bonds is 9. The number of alkyl halides is 2. The minimum atomic E-state index is -2.86. The van der Waals surface area contributed by atoms with Crippen LogP contribution in [0, 0.1) is 11.9 Å². The maximum absolute atomic E-state index is 13.8. The summed E-state index contributed by atoms with van der Waals surface area (Å²) < 4.78 is 46.2. The monoisotopic (exact) mass is 513 g/mol. The minimum absolute atomic E-state index is 0.0214. The first-order chi connectivity index (χ1) is 16.7. The van der Waals surface area contributed by atoms with Crippen LogP contribution < -0.4 is 10.1 Å². The standard InChI is InChI=1S/C24H34F3N5O2S/c1-24(26,27)15-34-23-30-19-8-11-32(12-9-20(19)35-23)10-7-16-3-5-18(6-4-16)29-21(33)13-17-14-28-31(2)22(17)25/h14,16,18H,3-13,15H2,1-2H3,(H,29,33)/t16-,18-. The zero-order valence-corrected chi connectivity index (χ0v) is 21.2. The Labute approximate surface area is 208 Å².